The Balaban J connectivity index is 3.36. The SMILES string of the molecule is CCCCCCCCC(N)CS(C)(=O)=O. The van der Waals surface area contributed by atoms with E-state index < -0.39 is 9.84 Å². The highest BCUT2D eigenvalue weighted by molar-refractivity contribution is 7.90. The van der Waals surface area contributed by atoms with Crippen LogP contribution in [0.5, 0.6) is 0 Å². The molecular formula is C11H25NO2S. The van der Waals surface area contributed by atoms with Crippen LogP contribution < -0.4 is 5.73 Å². The van der Waals surface area contributed by atoms with Crippen LogP contribution in [0.3, 0.4) is 0 Å². The zero-order valence-electron chi connectivity index (χ0n) is 10.0. The van der Waals surface area contributed by atoms with Crippen LogP contribution in [0.4, 0.5) is 0 Å². The Morgan fingerprint density at radius 1 is 1.07 bits per heavy atom. The average molecular weight is 235 g/mol. The number of rotatable bonds is 9. The fraction of sp³-hybridized carbons (Fsp3) is 1.00. The van der Waals surface area contributed by atoms with E-state index in [-0.39, 0.29) is 11.8 Å². The summed E-state index contributed by atoms with van der Waals surface area (Å²) in [5, 5.41) is 0. The molecule has 0 aliphatic carbocycles. The molecule has 0 spiro atoms. The van der Waals surface area contributed by atoms with Gasteiger partial charge in [-0.25, -0.2) is 8.42 Å². The van der Waals surface area contributed by atoms with E-state index in [1.807, 2.05) is 0 Å². The van der Waals surface area contributed by atoms with E-state index in [9.17, 15) is 8.42 Å². The molecule has 15 heavy (non-hydrogen) atoms. The van der Waals surface area contributed by atoms with E-state index >= 15 is 0 Å². The Morgan fingerprint density at radius 3 is 2.13 bits per heavy atom. The summed E-state index contributed by atoms with van der Waals surface area (Å²) < 4.78 is 21.9. The summed E-state index contributed by atoms with van der Waals surface area (Å²) in [4.78, 5) is 0. The first-order valence-corrected chi connectivity index (χ1v) is 7.95. The first-order chi connectivity index (χ1) is 6.95. The highest BCUT2D eigenvalue weighted by atomic mass is 32.2. The van der Waals surface area contributed by atoms with E-state index in [1.165, 1.54) is 38.4 Å². The molecule has 1 unspecified atom stereocenters. The maximum absolute atomic E-state index is 10.9. The molecule has 0 rings (SSSR count). The van der Waals surface area contributed by atoms with Crippen molar-refractivity contribution < 1.29 is 8.42 Å². The molecule has 0 bridgehead atoms. The summed E-state index contributed by atoms with van der Waals surface area (Å²) in [6.07, 6.45) is 9.41. The highest BCUT2D eigenvalue weighted by Crippen LogP contribution is 2.08. The minimum absolute atomic E-state index is 0.127. The largest absolute Gasteiger partial charge is 0.327 e. The quantitative estimate of drug-likeness (QED) is 0.623. The lowest BCUT2D eigenvalue weighted by Crippen LogP contribution is -2.28. The van der Waals surface area contributed by atoms with Crippen molar-refractivity contribution in [3.63, 3.8) is 0 Å². The minimum Gasteiger partial charge on any atom is -0.327 e. The van der Waals surface area contributed by atoms with Crippen LogP contribution in [0.25, 0.3) is 0 Å². The molecule has 0 saturated carbocycles. The smallest absolute Gasteiger partial charge is 0.148 e. The lowest BCUT2D eigenvalue weighted by atomic mass is 10.1. The topological polar surface area (TPSA) is 60.2 Å². The fourth-order valence-electron chi connectivity index (χ4n) is 1.66. The van der Waals surface area contributed by atoms with Crippen LogP contribution in [-0.2, 0) is 9.84 Å². The van der Waals surface area contributed by atoms with Gasteiger partial charge in [0.25, 0.3) is 0 Å². The molecule has 0 heterocycles. The van der Waals surface area contributed by atoms with Gasteiger partial charge in [0.05, 0.1) is 5.75 Å². The lowest BCUT2D eigenvalue weighted by molar-refractivity contribution is 0.545. The molecule has 92 valence electrons. The Labute approximate surface area is 94.4 Å². The maximum atomic E-state index is 10.9. The summed E-state index contributed by atoms with van der Waals surface area (Å²) in [5.41, 5.74) is 5.72. The molecule has 0 fully saturated rings. The summed E-state index contributed by atoms with van der Waals surface area (Å²) in [6.45, 7) is 2.20. The first-order valence-electron chi connectivity index (χ1n) is 5.89. The normalized spacial score (nSPS) is 14.1. The van der Waals surface area contributed by atoms with Gasteiger partial charge in [-0.3, -0.25) is 0 Å². The fourth-order valence-corrected chi connectivity index (χ4v) is 2.60. The van der Waals surface area contributed by atoms with E-state index in [2.05, 4.69) is 6.92 Å². The van der Waals surface area contributed by atoms with Gasteiger partial charge < -0.3 is 5.73 Å². The maximum Gasteiger partial charge on any atom is 0.148 e. The number of hydrogen-bond donors (Lipinski definition) is 1. The summed E-state index contributed by atoms with van der Waals surface area (Å²) in [7, 11) is -2.90. The molecule has 3 nitrogen and oxygen atoms in total. The van der Waals surface area contributed by atoms with Gasteiger partial charge in [-0.2, -0.15) is 0 Å². The van der Waals surface area contributed by atoms with Crippen molar-refractivity contribution in [3.8, 4) is 0 Å². The highest BCUT2D eigenvalue weighted by Gasteiger charge is 2.09. The van der Waals surface area contributed by atoms with E-state index in [0.29, 0.717) is 0 Å². The first kappa shape index (κ1) is 14.9. The molecule has 0 aliphatic heterocycles. The van der Waals surface area contributed by atoms with Gasteiger partial charge in [0.2, 0.25) is 0 Å². The minimum atomic E-state index is -2.90. The van der Waals surface area contributed by atoms with E-state index in [4.69, 9.17) is 5.73 Å². The van der Waals surface area contributed by atoms with Crippen LogP contribution in [-0.4, -0.2) is 26.5 Å². The lowest BCUT2D eigenvalue weighted by Gasteiger charge is -2.09. The monoisotopic (exact) mass is 235 g/mol. The van der Waals surface area contributed by atoms with Gasteiger partial charge in [-0.15, -0.1) is 0 Å². The van der Waals surface area contributed by atoms with Crippen molar-refractivity contribution in [1.82, 2.24) is 0 Å². The van der Waals surface area contributed by atoms with Crippen LogP contribution in [0.2, 0.25) is 0 Å². The Morgan fingerprint density at radius 2 is 1.60 bits per heavy atom. The second kappa shape index (κ2) is 8.11. The number of sulfone groups is 1. The predicted molar refractivity (Wildman–Crippen MR) is 65.7 cm³/mol. The Hall–Kier alpha value is -0.0900. The third kappa shape index (κ3) is 11.8. The Kier molecular flexibility index (Phi) is 8.06. The third-order valence-electron chi connectivity index (χ3n) is 2.45. The van der Waals surface area contributed by atoms with Crippen LogP contribution >= 0.6 is 0 Å². The molecule has 0 radical (unpaired) electrons. The van der Waals surface area contributed by atoms with Crippen molar-refractivity contribution in [2.45, 2.75) is 57.9 Å². The predicted octanol–water partition coefficient (Wildman–Crippen LogP) is 2.11. The summed E-state index contributed by atoms with van der Waals surface area (Å²) in [5.74, 6) is 0.127. The number of nitrogens with two attached hydrogens (primary N) is 1. The zero-order valence-corrected chi connectivity index (χ0v) is 10.9. The number of unbranched alkanes of at least 4 members (excludes halogenated alkanes) is 5. The molecule has 0 aromatic heterocycles. The molecule has 0 aliphatic rings. The van der Waals surface area contributed by atoms with Crippen LogP contribution in [0.1, 0.15) is 51.9 Å². The Bertz CT molecular complexity index is 237. The van der Waals surface area contributed by atoms with Gasteiger partial charge in [-0.05, 0) is 6.42 Å². The molecule has 0 amide bonds. The number of hydrogen-bond acceptors (Lipinski definition) is 3. The van der Waals surface area contributed by atoms with Crippen molar-refractivity contribution in [3.05, 3.63) is 0 Å². The average Bonchev–Trinajstić information content (AvgIpc) is 2.08. The summed E-state index contributed by atoms with van der Waals surface area (Å²) in [6, 6.07) is -0.175. The zero-order chi connectivity index (χ0) is 11.7. The second-order valence-corrected chi connectivity index (χ2v) is 6.59. The van der Waals surface area contributed by atoms with Gasteiger partial charge >= 0.3 is 0 Å². The van der Waals surface area contributed by atoms with Gasteiger partial charge in [0.15, 0.2) is 0 Å². The van der Waals surface area contributed by atoms with Crippen molar-refractivity contribution in [2.75, 3.05) is 12.0 Å². The molecule has 1 atom stereocenters. The second-order valence-electron chi connectivity index (χ2n) is 4.41. The van der Waals surface area contributed by atoms with E-state index in [1.54, 1.807) is 0 Å². The molecule has 4 heteroatoms. The van der Waals surface area contributed by atoms with Gasteiger partial charge in [-0.1, -0.05) is 45.4 Å². The summed E-state index contributed by atoms with van der Waals surface area (Å²) >= 11 is 0. The molecule has 0 aromatic carbocycles. The van der Waals surface area contributed by atoms with Crippen molar-refractivity contribution >= 4 is 9.84 Å². The van der Waals surface area contributed by atoms with Crippen molar-refractivity contribution in [1.29, 1.82) is 0 Å². The molecule has 2 N–H and O–H groups in total. The van der Waals surface area contributed by atoms with Crippen molar-refractivity contribution in [2.24, 2.45) is 5.73 Å². The standard InChI is InChI=1S/C11H25NO2S/c1-3-4-5-6-7-8-9-11(12)10-15(2,13)14/h11H,3-10,12H2,1-2H3. The van der Waals surface area contributed by atoms with E-state index in [0.717, 1.165) is 12.8 Å². The third-order valence-corrected chi connectivity index (χ3v) is 3.48. The molecule has 0 saturated heterocycles. The van der Waals surface area contributed by atoms with Gasteiger partial charge in [0.1, 0.15) is 9.84 Å². The van der Waals surface area contributed by atoms with Crippen LogP contribution in [0, 0.1) is 0 Å². The molecular weight excluding hydrogens is 210 g/mol. The molecule has 0 aromatic rings. The van der Waals surface area contributed by atoms with Gasteiger partial charge in [0, 0.05) is 12.3 Å². The van der Waals surface area contributed by atoms with Crippen LogP contribution in [0.15, 0.2) is 0 Å².